The fraction of sp³-hybridized carbons (Fsp3) is 0.600. The van der Waals surface area contributed by atoms with Crippen molar-refractivity contribution in [3.63, 3.8) is 0 Å². The first-order chi connectivity index (χ1) is 10.4. The topological polar surface area (TPSA) is 67.3 Å². The Morgan fingerprint density at radius 2 is 1.86 bits per heavy atom. The number of nitrogens with zero attached hydrogens (tertiary/aromatic N) is 2. The van der Waals surface area contributed by atoms with Crippen LogP contribution in [0.2, 0.25) is 0 Å². The van der Waals surface area contributed by atoms with Gasteiger partial charge in [0, 0.05) is 35.6 Å². The van der Waals surface area contributed by atoms with Crippen molar-refractivity contribution in [3.8, 4) is 0 Å². The number of carbonyl (C=O) groups excluding carboxylic acids is 1. The SMILES string of the molecule is CS(=O)(=O)C1CC2CCC(C1)N2C(=O)CSc1ccncc1. The van der Waals surface area contributed by atoms with Crippen molar-refractivity contribution in [3.05, 3.63) is 24.5 Å². The number of fused-ring (bicyclic) bond motifs is 2. The minimum atomic E-state index is -3.01. The first kappa shape index (κ1) is 15.8. The molecule has 2 unspecified atom stereocenters. The van der Waals surface area contributed by atoms with E-state index in [4.69, 9.17) is 0 Å². The van der Waals surface area contributed by atoms with E-state index in [2.05, 4.69) is 4.98 Å². The molecule has 1 aromatic heterocycles. The molecule has 0 N–H and O–H groups in total. The van der Waals surface area contributed by atoms with Gasteiger partial charge in [-0.1, -0.05) is 0 Å². The molecule has 22 heavy (non-hydrogen) atoms. The van der Waals surface area contributed by atoms with Gasteiger partial charge in [-0.15, -0.1) is 11.8 Å². The van der Waals surface area contributed by atoms with Gasteiger partial charge in [0.15, 0.2) is 0 Å². The summed E-state index contributed by atoms with van der Waals surface area (Å²) in [6.45, 7) is 0. The van der Waals surface area contributed by atoms with Gasteiger partial charge in [-0.3, -0.25) is 9.78 Å². The fourth-order valence-corrected chi connectivity index (χ4v) is 5.43. The summed E-state index contributed by atoms with van der Waals surface area (Å²) in [5.74, 6) is 0.529. The summed E-state index contributed by atoms with van der Waals surface area (Å²) in [6.07, 6.45) is 7.81. The molecule has 0 spiro atoms. The standard InChI is InChI=1S/C15H20N2O3S2/c1-22(19,20)14-8-11-2-3-12(9-14)17(11)15(18)10-21-13-4-6-16-7-5-13/h4-7,11-12,14H,2-3,8-10H2,1H3. The lowest BCUT2D eigenvalue weighted by Gasteiger charge is -2.38. The van der Waals surface area contributed by atoms with E-state index < -0.39 is 9.84 Å². The van der Waals surface area contributed by atoms with Gasteiger partial charge in [0.2, 0.25) is 5.91 Å². The van der Waals surface area contributed by atoms with Crippen molar-refractivity contribution in [2.45, 2.75) is 47.9 Å². The Morgan fingerprint density at radius 3 is 2.41 bits per heavy atom. The Morgan fingerprint density at radius 1 is 1.27 bits per heavy atom. The summed E-state index contributed by atoms with van der Waals surface area (Å²) in [5.41, 5.74) is 0. The van der Waals surface area contributed by atoms with Crippen LogP contribution in [0.3, 0.4) is 0 Å². The van der Waals surface area contributed by atoms with Gasteiger partial charge in [-0.05, 0) is 37.8 Å². The Balaban J connectivity index is 1.63. The molecule has 1 amide bonds. The van der Waals surface area contributed by atoms with Crippen LogP contribution < -0.4 is 0 Å². The van der Waals surface area contributed by atoms with Gasteiger partial charge in [-0.25, -0.2) is 8.42 Å². The summed E-state index contributed by atoms with van der Waals surface area (Å²) < 4.78 is 23.6. The van der Waals surface area contributed by atoms with Crippen LogP contribution in [0, 0.1) is 0 Å². The van der Waals surface area contributed by atoms with Crippen molar-refractivity contribution in [1.82, 2.24) is 9.88 Å². The zero-order chi connectivity index (χ0) is 15.7. The van der Waals surface area contributed by atoms with Crippen LogP contribution in [-0.4, -0.2) is 53.6 Å². The summed E-state index contributed by atoms with van der Waals surface area (Å²) in [7, 11) is -3.01. The van der Waals surface area contributed by atoms with E-state index in [-0.39, 0.29) is 23.2 Å². The quantitative estimate of drug-likeness (QED) is 0.781. The Hall–Kier alpha value is -1.08. The summed E-state index contributed by atoms with van der Waals surface area (Å²) in [6, 6.07) is 3.98. The molecule has 0 aliphatic carbocycles. The van der Waals surface area contributed by atoms with E-state index in [1.54, 1.807) is 12.4 Å². The number of rotatable bonds is 4. The molecule has 2 fully saturated rings. The zero-order valence-corrected chi connectivity index (χ0v) is 14.1. The predicted octanol–water partition coefficient (Wildman–Crippen LogP) is 1.74. The summed E-state index contributed by atoms with van der Waals surface area (Å²) in [4.78, 5) is 19.5. The maximum Gasteiger partial charge on any atom is 0.233 e. The van der Waals surface area contributed by atoms with Crippen LogP contribution >= 0.6 is 11.8 Å². The third kappa shape index (κ3) is 3.30. The molecule has 3 heterocycles. The minimum Gasteiger partial charge on any atom is -0.336 e. The van der Waals surface area contributed by atoms with Gasteiger partial charge in [0.05, 0.1) is 11.0 Å². The largest absolute Gasteiger partial charge is 0.336 e. The van der Waals surface area contributed by atoms with Crippen LogP contribution in [0.4, 0.5) is 0 Å². The first-order valence-electron chi connectivity index (χ1n) is 7.48. The molecular formula is C15H20N2O3S2. The molecule has 7 heteroatoms. The molecular weight excluding hydrogens is 320 g/mol. The highest BCUT2D eigenvalue weighted by Gasteiger charge is 2.45. The Bertz CT molecular complexity index is 634. The van der Waals surface area contributed by atoms with E-state index in [1.807, 2.05) is 17.0 Å². The number of carbonyl (C=O) groups is 1. The van der Waals surface area contributed by atoms with Gasteiger partial charge in [-0.2, -0.15) is 0 Å². The number of piperidine rings is 1. The van der Waals surface area contributed by atoms with E-state index in [1.165, 1.54) is 18.0 Å². The molecule has 1 aromatic rings. The normalized spacial score (nSPS) is 27.9. The highest BCUT2D eigenvalue weighted by Crippen LogP contribution is 2.38. The molecule has 0 aromatic carbocycles. The van der Waals surface area contributed by atoms with Crippen molar-refractivity contribution >= 4 is 27.5 Å². The summed E-state index contributed by atoms with van der Waals surface area (Å²) >= 11 is 1.51. The second-order valence-corrected chi connectivity index (χ2v) is 9.46. The van der Waals surface area contributed by atoms with Crippen molar-refractivity contribution < 1.29 is 13.2 Å². The molecule has 0 radical (unpaired) electrons. The van der Waals surface area contributed by atoms with Crippen LogP contribution in [0.25, 0.3) is 0 Å². The Kier molecular flexibility index (Phi) is 4.45. The predicted molar refractivity (Wildman–Crippen MR) is 86.5 cm³/mol. The molecule has 2 atom stereocenters. The number of hydrogen-bond donors (Lipinski definition) is 0. The minimum absolute atomic E-state index is 0.101. The lowest BCUT2D eigenvalue weighted by molar-refractivity contribution is -0.132. The van der Waals surface area contributed by atoms with Gasteiger partial charge < -0.3 is 4.90 Å². The highest BCUT2D eigenvalue weighted by atomic mass is 32.2. The van der Waals surface area contributed by atoms with E-state index in [0.29, 0.717) is 18.6 Å². The average molecular weight is 340 g/mol. The van der Waals surface area contributed by atoms with Crippen molar-refractivity contribution in [1.29, 1.82) is 0 Å². The monoisotopic (exact) mass is 340 g/mol. The molecule has 5 nitrogen and oxygen atoms in total. The molecule has 2 aliphatic rings. The third-order valence-electron chi connectivity index (χ3n) is 4.60. The smallest absolute Gasteiger partial charge is 0.233 e. The van der Waals surface area contributed by atoms with Gasteiger partial charge >= 0.3 is 0 Å². The Labute approximate surface area is 135 Å². The van der Waals surface area contributed by atoms with Crippen LogP contribution in [0.15, 0.2) is 29.4 Å². The number of pyridine rings is 1. The number of hydrogen-bond acceptors (Lipinski definition) is 5. The van der Waals surface area contributed by atoms with Crippen molar-refractivity contribution in [2.24, 2.45) is 0 Å². The third-order valence-corrected chi connectivity index (χ3v) is 7.19. The lowest BCUT2D eigenvalue weighted by Crippen LogP contribution is -2.50. The van der Waals surface area contributed by atoms with E-state index in [0.717, 1.165) is 17.7 Å². The molecule has 2 saturated heterocycles. The second-order valence-electron chi connectivity index (χ2n) is 6.08. The average Bonchev–Trinajstić information content (AvgIpc) is 2.74. The molecule has 3 rings (SSSR count). The number of thioether (sulfide) groups is 1. The molecule has 120 valence electrons. The van der Waals surface area contributed by atoms with E-state index in [9.17, 15) is 13.2 Å². The lowest BCUT2D eigenvalue weighted by atomic mass is 10.0. The van der Waals surface area contributed by atoms with Crippen LogP contribution in [0.1, 0.15) is 25.7 Å². The van der Waals surface area contributed by atoms with E-state index >= 15 is 0 Å². The van der Waals surface area contributed by atoms with Gasteiger partial charge in [0.1, 0.15) is 9.84 Å². The van der Waals surface area contributed by atoms with Crippen LogP contribution in [0.5, 0.6) is 0 Å². The first-order valence-corrected chi connectivity index (χ1v) is 10.4. The molecule has 2 bridgehead atoms. The number of amides is 1. The molecule has 2 aliphatic heterocycles. The van der Waals surface area contributed by atoms with Crippen LogP contribution in [-0.2, 0) is 14.6 Å². The number of aromatic nitrogens is 1. The second kappa shape index (κ2) is 6.20. The van der Waals surface area contributed by atoms with Crippen molar-refractivity contribution in [2.75, 3.05) is 12.0 Å². The number of sulfone groups is 1. The zero-order valence-electron chi connectivity index (χ0n) is 12.5. The maximum absolute atomic E-state index is 12.5. The maximum atomic E-state index is 12.5. The van der Waals surface area contributed by atoms with Gasteiger partial charge in [0.25, 0.3) is 0 Å². The summed E-state index contributed by atoms with van der Waals surface area (Å²) in [5, 5.41) is -0.276. The molecule has 0 saturated carbocycles. The highest BCUT2D eigenvalue weighted by molar-refractivity contribution is 8.00. The fourth-order valence-electron chi connectivity index (χ4n) is 3.54.